The molecule has 0 unspecified atom stereocenters. The molecule has 14 heteroatoms. The molecule has 0 aromatic carbocycles. The Morgan fingerprint density at radius 1 is 1.16 bits per heavy atom. The first kappa shape index (κ1) is 23.5. The molecule has 0 bridgehead atoms. The lowest BCUT2D eigenvalue weighted by molar-refractivity contribution is -0.352. The largest absolute Gasteiger partial charge is 0.573 e. The molecule has 2 aromatic rings. The van der Waals surface area contributed by atoms with Crippen molar-refractivity contribution in [2.24, 2.45) is 0 Å². The van der Waals surface area contributed by atoms with E-state index in [1.807, 2.05) is 0 Å². The Bertz CT molecular complexity index is 952. The molecular formula is C18H16F6N4O4. The molecule has 0 aliphatic heterocycles. The molecule has 1 amide bonds. The van der Waals surface area contributed by atoms with E-state index >= 15 is 0 Å². The van der Waals surface area contributed by atoms with Crippen molar-refractivity contribution in [1.82, 2.24) is 20.5 Å². The average molecular weight is 466 g/mol. The second-order valence-corrected chi connectivity index (χ2v) is 6.84. The molecule has 1 N–H and O–H groups in total. The summed E-state index contributed by atoms with van der Waals surface area (Å²) in [5.74, 6) is -1.27. The monoisotopic (exact) mass is 466 g/mol. The number of hydrogen-bond donors (Lipinski definition) is 1. The van der Waals surface area contributed by atoms with Crippen molar-refractivity contribution in [2.75, 3.05) is 6.54 Å². The van der Waals surface area contributed by atoms with Crippen molar-refractivity contribution in [3.8, 4) is 5.75 Å². The number of halogens is 6. The summed E-state index contributed by atoms with van der Waals surface area (Å²) in [4.78, 5) is 15.6. The molecule has 1 aliphatic carbocycles. The molecular weight excluding hydrogens is 450 g/mol. The van der Waals surface area contributed by atoms with Gasteiger partial charge in [-0.1, -0.05) is 6.58 Å². The zero-order valence-electron chi connectivity index (χ0n) is 16.2. The highest BCUT2D eigenvalue weighted by molar-refractivity contribution is 5.92. The van der Waals surface area contributed by atoms with Crippen LogP contribution >= 0.6 is 0 Å². The molecule has 8 nitrogen and oxygen atoms in total. The maximum absolute atomic E-state index is 12.2. The van der Waals surface area contributed by atoms with Gasteiger partial charge in [0.25, 0.3) is 5.91 Å². The molecule has 1 fully saturated rings. The third-order valence-electron chi connectivity index (χ3n) is 4.40. The van der Waals surface area contributed by atoms with E-state index in [4.69, 9.17) is 4.42 Å². The van der Waals surface area contributed by atoms with Gasteiger partial charge in [0.05, 0.1) is 12.3 Å². The van der Waals surface area contributed by atoms with Gasteiger partial charge in [0.15, 0.2) is 0 Å². The number of nitrogens with one attached hydrogen (secondary N) is 1. The fraction of sp³-hybridized carbons (Fsp3) is 0.444. The second-order valence-electron chi connectivity index (χ2n) is 6.84. The second kappa shape index (κ2) is 9.14. The molecule has 0 atom stereocenters. The molecule has 3 rings (SSSR count). The Morgan fingerprint density at radius 3 is 2.47 bits per heavy atom. The van der Waals surface area contributed by atoms with Gasteiger partial charge in [-0.2, -0.15) is 0 Å². The highest BCUT2D eigenvalue weighted by Crippen LogP contribution is 2.41. The van der Waals surface area contributed by atoms with Crippen LogP contribution in [0, 0.1) is 0 Å². The van der Waals surface area contributed by atoms with Crippen LogP contribution < -0.4 is 10.1 Å². The number of pyridine rings is 1. The number of carbonyl (C=O) groups excluding carboxylic acids is 1. The van der Waals surface area contributed by atoms with Crippen LogP contribution in [-0.2, 0) is 4.74 Å². The minimum absolute atomic E-state index is 0.0845. The number of hydrogen-bond acceptors (Lipinski definition) is 7. The van der Waals surface area contributed by atoms with Gasteiger partial charge >= 0.3 is 12.7 Å². The molecule has 1 aliphatic rings. The molecule has 174 valence electrons. The van der Waals surface area contributed by atoms with Crippen molar-refractivity contribution in [2.45, 2.75) is 44.0 Å². The van der Waals surface area contributed by atoms with E-state index < -0.39 is 30.5 Å². The van der Waals surface area contributed by atoms with E-state index in [1.165, 1.54) is 0 Å². The van der Waals surface area contributed by atoms with Crippen LogP contribution in [0.25, 0.3) is 5.57 Å². The van der Waals surface area contributed by atoms with Crippen LogP contribution in [0.2, 0.25) is 0 Å². The summed E-state index contributed by atoms with van der Waals surface area (Å²) in [6.45, 7) is 3.85. The van der Waals surface area contributed by atoms with Gasteiger partial charge < -0.3 is 14.5 Å². The molecule has 32 heavy (non-hydrogen) atoms. The van der Waals surface area contributed by atoms with Gasteiger partial charge in [0, 0.05) is 18.0 Å². The number of rotatable bonds is 8. The maximum atomic E-state index is 12.2. The highest BCUT2D eigenvalue weighted by atomic mass is 19.4. The van der Waals surface area contributed by atoms with Crippen LogP contribution in [0.15, 0.2) is 29.3 Å². The summed E-state index contributed by atoms with van der Waals surface area (Å²) in [7, 11) is 0. The minimum Gasteiger partial charge on any atom is -0.421 e. The zero-order chi connectivity index (χ0) is 23.5. The van der Waals surface area contributed by atoms with Crippen LogP contribution in [0.1, 0.15) is 47.5 Å². The van der Waals surface area contributed by atoms with E-state index in [-0.39, 0.29) is 49.2 Å². The van der Waals surface area contributed by atoms with Crippen molar-refractivity contribution < 1.29 is 45.0 Å². The number of carbonyl (C=O) groups is 1. The zero-order valence-corrected chi connectivity index (χ0v) is 16.2. The fourth-order valence-corrected chi connectivity index (χ4v) is 2.83. The summed E-state index contributed by atoms with van der Waals surface area (Å²) >= 11 is 0. The summed E-state index contributed by atoms with van der Waals surface area (Å²) < 4.78 is 85.9. The first-order chi connectivity index (χ1) is 14.9. The summed E-state index contributed by atoms with van der Waals surface area (Å²) in [5, 5.41) is 10.1. The molecule has 2 aromatic heterocycles. The SMILES string of the molecule is C=C(CCNC(=O)c1ccc(OC(F)(F)F)cn1)c1nnc(C2CC(OC(F)(F)F)C2)o1. The Morgan fingerprint density at radius 2 is 1.88 bits per heavy atom. The lowest BCUT2D eigenvalue weighted by Crippen LogP contribution is -2.34. The average Bonchev–Trinajstić information content (AvgIpc) is 3.12. The van der Waals surface area contributed by atoms with E-state index in [9.17, 15) is 31.1 Å². The number of ether oxygens (including phenoxy) is 2. The standard InChI is InChI=1S/C18H16F6N4O4/c1-9(15-27-28-16(30-15)10-6-12(7-10)32-18(22,23)24)4-5-25-14(29)13-3-2-11(8-26-13)31-17(19,20)21/h2-3,8,10,12H,1,4-7H2,(H,25,29). The van der Waals surface area contributed by atoms with Crippen LogP contribution in [-0.4, -0.2) is 46.5 Å². The van der Waals surface area contributed by atoms with Crippen molar-refractivity contribution in [3.05, 3.63) is 42.4 Å². The minimum atomic E-state index is -4.86. The Hall–Kier alpha value is -3.16. The van der Waals surface area contributed by atoms with Crippen LogP contribution in [0.4, 0.5) is 26.3 Å². The molecule has 0 radical (unpaired) electrons. The third kappa shape index (κ3) is 6.67. The highest BCUT2D eigenvalue weighted by Gasteiger charge is 2.42. The smallest absolute Gasteiger partial charge is 0.421 e. The third-order valence-corrected chi connectivity index (χ3v) is 4.40. The quantitative estimate of drug-likeness (QED) is 0.588. The summed E-state index contributed by atoms with van der Waals surface area (Å²) in [6.07, 6.45) is -9.33. The van der Waals surface area contributed by atoms with Gasteiger partial charge in [0.1, 0.15) is 11.4 Å². The normalized spacial score (nSPS) is 18.7. The Kier molecular flexibility index (Phi) is 6.71. The van der Waals surface area contributed by atoms with Gasteiger partial charge in [-0.05, 0) is 31.4 Å². The summed E-state index contributed by atoms with van der Waals surface area (Å²) in [5.41, 5.74) is 0.263. The van der Waals surface area contributed by atoms with Crippen LogP contribution in [0.5, 0.6) is 5.75 Å². The van der Waals surface area contributed by atoms with Gasteiger partial charge in [0.2, 0.25) is 11.8 Å². The number of amides is 1. The lowest BCUT2D eigenvalue weighted by Gasteiger charge is -2.32. The van der Waals surface area contributed by atoms with Gasteiger partial charge in [-0.3, -0.25) is 9.53 Å². The topological polar surface area (TPSA) is 99.4 Å². The molecule has 2 heterocycles. The van der Waals surface area contributed by atoms with E-state index in [2.05, 4.69) is 36.6 Å². The predicted molar refractivity (Wildman–Crippen MR) is 94.1 cm³/mol. The Balaban J connectivity index is 1.42. The first-order valence-electron chi connectivity index (χ1n) is 9.16. The Labute approximate surface area is 176 Å². The predicted octanol–water partition coefficient (Wildman–Crippen LogP) is 3.98. The van der Waals surface area contributed by atoms with E-state index in [0.717, 1.165) is 18.3 Å². The van der Waals surface area contributed by atoms with E-state index in [1.54, 1.807) is 0 Å². The number of nitrogens with zero attached hydrogens (tertiary/aromatic N) is 3. The fourth-order valence-electron chi connectivity index (χ4n) is 2.83. The van der Waals surface area contributed by atoms with E-state index in [0.29, 0.717) is 5.57 Å². The summed E-state index contributed by atoms with van der Waals surface area (Å²) in [6, 6.07) is 2.03. The first-order valence-corrected chi connectivity index (χ1v) is 9.16. The van der Waals surface area contributed by atoms with Crippen molar-refractivity contribution in [3.63, 3.8) is 0 Å². The molecule has 0 saturated heterocycles. The number of aromatic nitrogens is 3. The maximum Gasteiger partial charge on any atom is 0.573 e. The van der Waals surface area contributed by atoms with Gasteiger partial charge in [-0.15, -0.1) is 36.5 Å². The van der Waals surface area contributed by atoms with Crippen molar-refractivity contribution >= 4 is 11.5 Å². The molecule has 1 saturated carbocycles. The van der Waals surface area contributed by atoms with Gasteiger partial charge in [-0.25, -0.2) is 4.98 Å². The lowest BCUT2D eigenvalue weighted by atomic mass is 9.82. The van der Waals surface area contributed by atoms with Crippen molar-refractivity contribution in [1.29, 1.82) is 0 Å². The van der Waals surface area contributed by atoms with Crippen LogP contribution in [0.3, 0.4) is 0 Å². The number of alkyl halides is 6. The molecule has 0 spiro atoms.